The fourth-order valence-corrected chi connectivity index (χ4v) is 8.61. The molecule has 0 radical (unpaired) electrons. The monoisotopic (exact) mass is 815 g/mol. The Hall–Kier alpha value is -4.25. The molecule has 1 aliphatic heterocycles. The van der Waals surface area contributed by atoms with Crippen LogP contribution in [0.4, 0.5) is 10.5 Å². The molecule has 57 heavy (non-hydrogen) atoms. The fraction of sp³-hybridized carbons (Fsp3) is 0.561. The summed E-state index contributed by atoms with van der Waals surface area (Å²) in [6.45, 7) is 4.06. The lowest BCUT2D eigenvalue weighted by atomic mass is 9.55. The van der Waals surface area contributed by atoms with E-state index < -0.39 is 28.8 Å². The van der Waals surface area contributed by atoms with Crippen LogP contribution in [0.3, 0.4) is 0 Å². The van der Waals surface area contributed by atoms with Crippen molar-refractivity contribution in [3.63, 3.8) is 0 Å². The Labute approximate surface area is 337 Å². The maximum atomic E-state index is 14.1. The number of alkyl halides is 1. The maximum Gasteiger partial charge on any atom is 0.410 e. The Bertz CT molecular complexity index is 1730. The van der Waals surface area contributed by atoms with Gasteiger partial charge in [0.1, 0.15) is 37.0 Å². The van der Waals surface area contributed by atoms with Gasteiger partial charge in [0.25, 0.3) is 5.69 Å². The second-order valence-electron chi connectivity index (χ2n) is 14.1. The van der Waals surface area contributed by atoms with Crippen molar-refractivity contribution in [1.82, 2.24) is 4.90 Å². The summed E-state index contributed by atoms with van der Waals surface area (Å²) in [5.74, 6) is -1.19. The van der Waals surface area contributed by atoms with E-state index in [2.05, 4.69) is 17.8 Å². The summed E-state index contributed by atoms with van der Waals surface area (Å²) in [6.07, 6.45) is 7.54. The molecule has 2 aromatic carbocycles. The third-order valence-electron chi connectivity index (χ3n) is 10.7. The molecule has 2 aromatic rings. The largest absolute Gasteiger partial charge is 0.459 e. The van der Waals surface area contributed by atoms with E-state index in [1.807, 2.05) is 6.07 Å². The van der Waals surface area contributed by atoms with Gasteiger partial charge in [0.05, 0.1) is 54.9 Å². The highest BCUT2D eigenvalue weighted by molar-refractivity contribution is 6.18. The van der Waals surface area contributed by atoms with Crippen LogP contribution in [0.1, 0.15) is 56.4 Å². The van der Waals surface area contributed by atoms with Crippen molar-refractivity contribution in [3.05, 3.63) is 82.4 Å². The van der Waals surface area contributed by atoms with Crippen LogP contribution in [0.15, 0.2) is 71.9 Å². The molecule has 1 heterocycles. The molecule has 0 unspecified atom stereocenters. The maximum absolute atomic E-state index is 14.1. The summed E-state index contributed by atoms with van der Waals surface area (Å²) in [5, 5.41) is 45.2. The molecule has 0 saturated heterocycles. The van der Waals surface area contributed by atoms with Crippen LogP contribution in [-0.4, -0.2) is 115 Å². The van der Waals surface area contributed by atoms with E-state index in [1.165, 1.54) is 24.1 Å². The van der Waals surface area contributed by atoms with Crippen molar-refractivity contribution in [2.75, 3.05) is 65.8 Å². The van der Waals surface area contributed by atoms with Gasteiger partial charge >= 0.3 is 6.09 Å². The zero-order valence-corrected chi connectivity index (χ0v) is 33.1. The van der Waals surface area contributed by atoms with E-state index >= 15 is 0 Å². The molecule has 1 fully saturated rings. The first-order chi connectivity index (χ1) is 27.8. The van der Waals surface area contributed by atoms with Gasteiger partial charge in [-0.3, -0.25) is 15.0 Å². The summed E-state index contributed by atoms with van der Waals surface area (Å²) in [6, 6.07) is 10.5. The van der Waals surface area contributed by atoms with E-state index in [0.717, 1.165) is 36.8 Å². The van der Waals surface area contributed by atoms with Crippen LogP contribution in [0.25, 0.3) is 0 Å². The summed E-state index contributed by atoms with van der Waals surface area (Å²) in [4.78, 5) is 32.1. The number of hydrogen-bond donors (Lipinski definition) is 3. The number of ether oxygens (including phenoxy) is 5. The Kier molecular flexibility index (Phi) is 16.5. The van der Waals surface area contributed by atoms with Crippen LogP contribution in [0.2, 0.25) is 0 Å². The predicted molar refractivity (Wildman–Crippen MR) is 212 cm³/mol. The van der Waals surface area contributed by atoms with E-state index in [4.69, 9.17) is 40.1 Å². The molecule has 1 saturated carbocycles. The van der Waals surface area contributed by atoms with Crippen molar-refractivity contribution in [2.45, 2.75) is 62.7 Å². The summed E-state index contributed by atoms with van der Waals surface area (Å²) in [5.41, 5.74) is 2.14. The number of nitro groups is 1. The number of hydrogen-bond acceptors (Lipinski definition) is 13. The third kappa shape index (κ3) is 10.3. The fourth-order valence-electron chi connectivity index (χ4n) is 8.53. The number of carbonyl (C=O) groups is 1. The van der Waals surface area contributed by atoms with Gasteiger partial charge in [-0.05, 0) is 67.4 Å². The molecule has 3 N–H and O–H groups in total. The van der Waals surface area contributed by atoms with Gasteiger partial charge < -0.3 is 43.8 Å². The Morgan fingerprint density at radius 1 is 1.07 bits per heavy atom. The summed E-state index contributed by atoms with van der Waals surface area (Å²) in [7, 11) is 1.47. The molecular formula is C41H54ClN3O12. The Balaban J connectivity index is 1.75. The number of unbranched alkanes of at least 4 members (excludes halogenated alkanes) is 2. The quantitative estimate of drug-likeness (QED) is 0.0372. The molecule has 15 nitrogen and oxygen atoms in total. The van der Waals surface area contributed by atoms with Crippen molar-refractivity contribution in [3.8, 4) is 17.2 Å². The number of nitrogens with zero attached hydrogens (tertiary/aromatic N) is 3. The number of fused-ring (bicyclic) bond motifs is 2. The van der Waals surface area contributed by atoms with Crippen molar-refractivity contribution >= 4 is 29.1 Å². The number of aliphatic hydroxyl groups excluding tert-OH is 3. The van der Waals surface area contributed by atoms with Gasteiger partial charge in [-0.2, -0.15) is 0 Å². The highest BCUT2D eigenvalue weighted by atomic mass is 35.5. The molecule has 16 heteroatoms. The topological polar surface area (TPSA) is 192 Å². The smallest absolute Gasteiger partial charge is 0.410 e. The first-order valence-corrected chi connectivity index (χ1v) is 20.0. The van der Waals surface area contributed by atoms with Crippen molar-refractivity contribution in [1.29, 1.82) is 0 Å². The van der Waals surface area contributed by atoms with E-state index in [1.54, 1.807) is 30.3 Å². The minimum atomic E-state index is -1.53. The zero-order valence-electron chi connectivity index (χ0n) is 32.3. The minimum absolute atomic E-state index is 0.00571. The van der Waals surface area contributed by atoms with Crippen molar-refractivity contribution < 1.29 is 53.6 Å². The van der Waals surface area contributed by atoms with E-state index in [9.17, 15) is 30.2 Å². The van der Waals surface area contributed by atoms with Gasteiger partial charge in [0.15, 0.2) is 0 Å². The number of oxime groups is 1. The second kappa shape index (κ2) is 21.5. The zero-order chi connectivity index (χ0) is 40.8. The second-order valence-corrected chi connectivity index (χ2v) is 14.5. The number of allylic oxidation sites excluding steroid dienone is 1. The van der Waals surface area contributed by atoms with Gasteiger partial charge in [-0.25, -0.2) is 4.79 Å². The number of benzene rings is 2. The molecule has 6 atom stereocenters. The first kappa shape index (κ1) is 43.9. The van der Waals surface area contributed by atoms with Crippen LogP contribution < -0.4 is 9.47 Å². The number of non-ortho nitro benzene ring substituents is 1. The third-order valence-corrected chi connectivity index (χ3v) is 10.9. The summed E-state index contributed by atoms with van der Waals surface area (Å²) >= 11 is 5.96. The molecule has 312 valence electrons. The Morgan fingerprint density at radius 3 is 2.54 bits per heavy atom. The number of carbonyl (C=O) groups excluding carboxylic acids is 1. The lowest BCUT2D eigenvalue weighted by molar-refractivity contribution is -0.384. The molecule has 3 aliphatic rings. The average molecular weight is 816 g/mol. The standard InChI is InChI=1S/C41H54ClN3O12/c1-3-20-55-41-37(44(16-22-53-23-19-48)40(49)54-21-15-42)27-35(43-52-2)33-24-28(9-4-6-17-46)32(12-5-7-18-47)38(39(33)41)34-26-31(13-14-36(34)57-41)56-30-11-8-10-29(25-30)45(50)51/h3,8,10-11,13-14,24-26,28,32,37-39,46-48H,1,4-7,9,12,15-23,27H2,2H3/t28-,32+,37-,38+,39+,41+/m0/s1. The summed E-state index contributed by atoms with van der Waals surface area (Å²) < 4.78 is 31.6. The van der Waals surface area contributed by atoms with Crippen LogP contribution >= 0.6 is 11.6 Å². The van der Waals surface area contributed by atoms with Crippen LogP contribution in [0.5, 0.6) is 17.2 Å². The first-order valence-electron chi connectivity index (χ1n) is 19.5. The minimum Gasteiger partial charge on any atom is -0.459 e. The molecule has 0 bridgehead atoms. The Morgan fingerprint density at radius 2 is 1.84 bits per heavy atom. The molecule has 0 spiro atoms. The van der Waals surface area contributed by atoms with Crippen LogP contribution in [-0.2, 0) is 19.0 Å². The van der Waals surface area contributed by atoms with Crippen molar-refractivity contribution in [2.24, 2.45) is 22.9 Å². The SMILES string of the molecule is C=CCO[C@@]12Oc3ccc(Oc4cccc([N+](=O)[O-])c4)cc3[C@H]3[C@H](CCCCO)[C@@H](CCCCO)C=C(C(=NOC)C[C@@H]1N(CCOCCO)C(=O)OCCCl)[C@H]32. The average Bonchev–Trinajstić information content (AvgIpc) is 3.21. The highest BCUT2D eigenvalue weighted by Crippen LogP contribution is 2.62. The lowest BCUT2D eigenvalue weighted by Gasteiger charge is -2.59. The lowest BCUT2D eigenvalue weighted by Crippen LogP contribution is -2.70. The van der Waals surface area contributed by atoms with Gasteiger partial charge in [-0.15, -0.1) is 18.2 Å². The molecule has 1 amide bonds. The molecular weight excluding hydrogens is 762 g/mol. The number of aliphatic hydroxyl groups is 3. The highest BCUT2D eigenvalue weighted by Gasteiger charge is 2.65. The number of rotatable bonds is 23. The number of halogens is 1. The molecule has 5 rings (SSSR count). The molecule has 0 aromatic heterocycles. The van der Waals surface area contributed by atoms with Gasteiger partial charge in [-0.1, -0.05) is 36.2 Å². The number of nitro benzene ring substituents is 1. The van der Waals surface area contributed by atoms with Gasteiger partial charge in [0.2, 0.25) is 5.79 Å². The normalized spacial score (nSPS) is 24.1. The number of amides is 1. The van der Waals surface area contributed by atoms with Gasteiger partial charge in [0, 0.05) is 43.7 Å². The van der Waals surface area contributed by atoms with E-state index in [0.29, 0.717) is 30.1 Å². The van der Waals surface area contributed by atoms with E-state index in [-0.39, 0.29) is 94.3 Å². The predicted octanol–water partition coefficient (Wildman–Crippen LogP) is 6.34. The van der Waals surface area contributed by atoms with Crippen LogP contribution in [0, 0.1) is 27.9 Å². The molecule has 2 aliphatic carbocycles.